The number of rotatable bonds is 3. The maximum atomic E-state index is 5.21. The zero-order valence-electron chi connectivity index (χ0n) is 16.3. The molecule has 1 fully saturated rings. The monoisotopic (exact) mass is 367 g/mol. The highest BCUT2D eigenvalue weighted by Gasteiger charge is 2.24. The van der Waals surface area contributed by atoms with Gasteiger partial charge in [0, 0.05) is 56.3 Å². The van der Waals surface area contributed by atoms with Gasteiger partial charge in [0.1, 0.15) is 5.52 Å². The number of hydrogen-bond acceptors (Lipinski definition) is 7. The molecular formula is C19H25N7O. The van der Waals surface area contributed by atoms with Gasteiger partial charge >= 0.3 is 0 Å². The van der Waals surface area contributed by atoms with Crippen LogP contribution in [-0.2, 0) is 5.41 Å². The van der Waals surface area contributed by atoms with E-state index in [0.717, 1.165) is 43.2 Å². The normalized spacial score (nSPS) is 15.4. The summed E-state index contributed by atoms with van der Waals surface area (Å²) in [6.07, 6.45) is 5.46. The number of methoxy groups -OCH3 is 1. The Morgan fingerprint density at radius 1 is 1.00 bits per heavy atom. The van der Waals surface area contributed by atoms with Gasteiger partial charge in [-0.25, -0.2) is 14.5 Å². The van der Waals surface area contributed by atoms with E-state index in [-0.39, 0.29) is 5.41 Å². The summed E-state index contributed by atoms with van der Waals surface area (Å²) in [7, 11) is 1.62. The lowest BCUT2D eigenvalue weighted by atomic mass is 9.92. The molecule has 1 saturated heterocycles. The Balaban J connectivity index is 1.55. The Morgan fingerprint density at radius 2 is 1.74 bits per heavy atom. The predicted molar refractivity (Wildman–Crippen MR) is 105 cm³/mol. The number of aromatic nitrogens is 5. The van der Waals surface area contributed by atoms with Crippen molar-refractivity contribution in [3.63, 3.8) is 0 Å². The topological polar surface area (TPSA) is 71.7 Å². The Bertz CT molecular complexity index is 939. The summed E-state index contributed by atoms with van der Waals surface area (Å²) in [5.74, 6) is 2.27. The number of piperazine rings is 1. The van der Waals surface area contributed by atoms with Crippen LogP contribution in [0.5, 0.6) is 5.88 Å². The first-order valence-electron chi connectivity index (χ1n) is 9.17. The molecule has 3 aromatic rings. The maximum absolute atomic E-state index is 5.21. The molecule has 0 radical (unpaired) electrons. The van der Waals surface area contributed by atoms with Gasteiger partial charge in [0.15, 0.2) is 5.82 Å². The van der Waals surface area contributed by atoms with Gasteiger partial charge in [-0.2, -0.15) is 10.1 Å². The predicted octanol–water partition coefficient (Wildman–Crippen LogP) is 2.15. The van der Waals surface area contributed by atoms with Crippen molar-refractivity contribution in [2.75, 3.05) is 43.1 Å². The van der Waals surface area contributed by atoms with Crippen LogP contribution in [0.2, 0.25) is 0 Å². The summed E-state index contributed by atoms with van der Waals surface area (Å²) in [6.45, 7) is 9.89. The van der Waals surface area contributed by atoms with Crippen molar-refractivity contribution < 1.29 is 4.74 Å². The van der Waals surface area contributed by atoms with Crippen LogP contribution in [0.25, 0.3) is 5.52 Å². The SMILES string of the molecule is COc1ccnc(N2CCN(c3nccn4nc(C(C)(C)C)cc34)CC2)n1. The molecule has 8 nitrogen and oxygen atoms in total. The lowest BCUT2D eigenvalue weighted by molar-refractivity contribution is 0.396. The van der Waals surface area contributed by atoms with Crippen LogP contribution in [-0.4, -0.2) is 57.9 Å². The first kappa shape index (κ1) is 17.5. The van der Waals surface area contributed by atoms with Gasteiger partial charge in [-0.1, -0.05) is 20.8 Å². The van der Waals surface area contributed by atoms with E-state index in [1.807, 2.05) is 16.9 Å². The van der Waals surface area contributed by atoms with E-state index in [9.17, 15) is 0 Å². The molecule has 0 saturated carbocycles. The van der Waals surface area contributed by atoms with Crippen LogP contribution in [0.1, 0.15) is 26.5 Å². The van der Waals surface area contributed by atoms with Crippen LogP contribution in [0.3, 0.4) is 0 Å². The van der Waals surface area contributed by atoms with Gasteiger partial charge < -0.3 is 14.5 Å². The van der Waals surface area contributed by atoms with Crippen LogP contribution in [0, 0.1) is 0 Å². The third-order valence-corrected chi connectivity index (χ3v) is 4.83. The molecule has 0 spiro atoms. The van der Waals surface area contributed by atoms with Crippen molar-refractivity contribution >= 4 is 17.3 Å². The number of fused-ring (bicyclic) bond motifs is 1. The highest BCUT2D eigenvalue weighted by molar-refractivity contribution is 5.70. The van der Waals surface area contributed by atoms with Crippen molar-refractivity contribution in [2.24, 2.45) is 0 Å². The van der Waals surface area contributed by atoms with E-state index < -0.39 is 0 Å². The largest absolute Gasteiger partial charge is 0.481 e. The average molecular weight is 367 g/mol. The van der Waals surface area contributed by atoms with Crippen LogP contribution >= 0.6 is 0 Å². The van der Waals surface area contributed by atoms with E-state index in [2.05, 4.69) is 51.6 Å². The maximum Gasteiger partial charge on any atom is 0.228 e. The first-order valence-corrected chi connectivity index (χ1v) is 9.17. The standard InChI is InChI=1S/C19H25N7O/c1-19(2,3)15-13-14-17(20-7-8-26(14)23-15)24-9-11-25(12-10-24)18-21-6-5-16(22-18)27-4/h5-8,13H,9-12H2,1-4H3. The molecule has 0 bridgehead atoms. The lowest BCUT2D eigenvalue weighted by Crippen LogP contribution is -2.47. The average Bonchev–Trinajstić information content (AvgIpc) is 3.13. The molecule has 0 atom stereocenters. The van der Waals surface area contributed by atoms with Gasteiger partial charge in [0.2, 0.25) is 11.8 Å². The van der Waals surface area contributed by atoms with Gasteiger partial charge in [-0.15, -0.1) is 0 Å². The quantitative estimate of drug-likeness (QED) is 0.702. The highest BCUT2D eigenvalue weighted by atomic mass is 16.5. The van der Waals surface area contributed by atoms with Crippen LogP contribution in [0.4, 0.5) is 11.8 Å². The fourth-order valence-corrected chi connectivity index (χ4v) is 3.24. The molecule has 0 N–H and O–H groups in total. The minimum absolute atomic E-state index is 0.00565. The van der Waals surface area contributed by atoms with Crippen molar-refractivity contribution in [3.05, 3.63) is 36.4 Å². The zero-order valence-corrected chi connectivity index (χ0v) is 16.3. The summed E-state index contributed by atoms with van der Waals surface area (Å²) in [5.41, 5.74) is 2.12. The lowest BCUT2D eigenvalue weighted by Gasteiger charge is -2.35. The number of anilines is 2. The highest BCUT2D eigenvalue weighted by Crippen LogP contribution is 2.27. The van der Waals surface area contributed by atoms with Gasteiger partial charge in [-0.05, 0) is 6.07 Å². The van der Waals surface area contributed by atoms with Gasteiger partial charge in [0.05, 0.1) is 12.8 Å². The van der Waals surface area contributed by atoms with E-state index in [4.69, 9.17) is 9.84 Å². The van der Waals surface area contributed by atoms with Crippen LogP contribution < -0.4 is 14.5 Å². The van der Waals surface area contributed by atoms with E-state index in [0.29, 0.717) is 11.8 Å². The Hall–Kier alpha value is -2.90. The molecule has 0 amide bonds. The molecule has 0 aliphatic carbocycles. The fraction of sp³-hybridized carbons (Fsp3) is 0.474. The van der Waals surface area contributed by atoms with Crippen LogP contribution in [0.15, 0.2) is 30.7 Å². The van der Waals surface area contributed by atoms with E-state index in [1.54, 1.807) is 19.4 Å². The Labute approximate surface area is 158 Å². The summed E-state index contributed by atoms with van der Waals surface area (Å²) in [6, 6.07) is 3.91. The third kappa shape index (κ3) is 3.39. The van der Waals surface area contributed by atoms with Crippen molar-refractivity contribution in [1.29, 1.82) is 0 Å². The van der Waals surface area contributed by atoms with E-state index >= 15 is 0 Å². The Morgan fingerprint density at radius 3 is 2.44 bits per heavy atom. The summed E-state index contributed by atoms with van der Waals surface area (Å²) < 4.78 is 7.14. The van der Waals surface area contributed by atoms with Gasteiger partial charge in [-0.3, -0.25) is 0 Å². The molecule has 4 rings (SSSR count). The number of nitrogens with zero attached hydrogens (tertiary/aromatic N) is 7. The molecule has 142 valence electrons. The van der Waals surface area contributed by atoms with Gasteiger partial charge in [0.25, 0.3) is 0 Å². The molecule has 4 heterocycles. The summed E-state index contributed by atoms with van der Waals surface area (Å²) >= 11 is 0. The minimum Gasteiger partial charge on any atom is -0.481 e. The van der Waals surface area contributed by atoms with Crippen molar-refractivity contribution in [2.45, 2.75) is 26.2 Å². The first-order chi connectivity index (χ1) is 13.0. The summed E-state index contributed by atoms with van der Waals surface area (Å²) in [5, 5.41) is 4.73. The van der Waals surface area contributed by atoms with Crippen molar-refractivity contribution in [1.82, 2.24) is 24.6 Å². The molecule has 0 aromatic carbocycles. The van der Waals surface area contributed by atoms with E-state index in [1.165, 1.54) is 0 Å². The number of hydrogen-bond donors (Lipinski definition) is 0. The number of ether oxygens (including phenoxy) is 1. The fourth-order valence-electron chi connectivity index (χ4n) is 3.24. The molecule has 3 aromatic heterocycles. The molecule has 27 heavy (non-hydrogen) atoms. The van der Waals surface area contributed by atoms with Crippen molar-refractivity contribution in [3.8, 4) is 5.88 Å². The summed E-state index contributed by atoms with van der Waals surface area (Å²) in [4.78, 5) is 17.9. The second-order valence-corrected chi connectivity index (χ2v) is 7.73. The molecule has 1 aliphatic rings. The minimum atomic E-state index is 0.00565. The second-order valence-electron chi connectivity index (χ2n) is 7.73. The molecule has 1 aliphatic heterocycles. The molecule has 8 heteroatoms. The third-order valence-electron chi connectivity index (χ3n) is 4.83. The molecule has 0 unspecified atom stereocenters. The smallest absolute Gasteiger partial charge is 0.228 e. The second kappa shape index (κ2) is 6.68. The molecular weight excluding hydrogens is 342 g/mol. The Kier molecular flexibility index (Phi) is 4.33. The zero-order chi connectivity index (χ0) is 19.0.